The highest BCUT2D eigenvalue weighted by atomic mass is 32.2. The first kappa shape index (κ1) is 17.8. The maximum absolute atomic E-state index is 12.1. The van der Waals surface area contributed by atoms with Gasteiger partial charge in [0.15, 0.2) is 0 Å². The summed E-state index contributed by atoms with van der Waals surface area (Å²) >= 11 is 0. The van der Waals surface area contributed by atoms with Gasteiger partial charge in [-0.25, -0.2) is 4.72 Å². The summed E-state index contributed by atoms with van der Waals surface area (Å²) in [5.41, 5.74) is 5.48. The molecule has 1 fully saturated rings. The molecule has 0 unspecified atom stereocenters. The Kier molecular flexibility index (Phi) is 8.63. The number of nitrogens with two attached hydrogens (primary N) is 1. The molecule has 0 amide bonds. The Morgan fingerprint density at radius 2 is 1.90 bits per heavy atom. The molecule has 0 saturated carbocycles. The molecule has 7 heteroatoms. The van der Waals surface area contributed by atoms with E-state index in [1.54, 1.807) is 4.31 Å². The van der Waals surface area contributed by atoms with Gasteiger partial charge in [0.25, 0.3) is 10.2 Å². The van der Waals surface area contributed by atoms with Crippen LogP contribution < -0.4 is 10.5 Å². The Balaban J connectivity index is 2.35. The van der Waals surface area contributed by atoms with E-state index >= 15 is 0 Å². The van der Waals surface area contributed by atoms with E-state index in [-0.39, 0.29) is 0 Å². The third-order valence-corrected chi connectivity index (χ3v) is 5.21. The number of nitrogens with zero attached hydrogens (tertiary/aromatic N) is 2. The third-order valence-electron chi connectivity index (χ3n) is 3.60. The van der Waals surface area contributed by atoms with Crippen molar-refractivity contribution in [1.29, 1.82) is 0 Å². The smallest absolute Gasteiger partial charge is 0.279 e. The maximum Gasteiger partial charge on any atom is 0.279 e. The van der Waals surface area contributed by atoms with E-state index in [1.165, 1.54) is 0 Å². The van der Waals surface area contributed by atoms with Crippen molar-refractivity contribution in [3.05, 3.63) is 0 Å². The molecule has 0 radical (unpaired) electrons. The van der Waals surface area contributed by atoms with Crippen molar-refractivity contribution >= 4 is 10.2 Å². The van der Waals surface area contributed by atoms with Crippen LogP contribution in [0.3, 0.4) is 0 Å². The van der Waals surface area contributed by atoms with Gasteiger partial charge < -0.3 is 10.6 Å². The first-order chi connectivity index (χ1) is 9.60. The highest BCUT2D eigenvalue weighted by Crippen LogP contribution is 2.08. The Morgan fingerprint density at radius 3 is 2.60 bits per heavy atom. The summed E-state index contributed by atoms with van der Waals surface area (Å²) in [7, 11) is -3.28. The van der Waals surface area contributed by atoms with Gasteiger partial charge in [-0.3, -0.25) is 0 Å². The zero-order chi connectivity index (χ0) is 14.8. The molecule has 0 aromatic rings. The zero-order valence-corrected chi connectivity index (χ0v) is 13.5. The largest absolute Gasteiger partial charge is 0.330 e. The summed E-state index contributed by atoms with van der Waals surface area (Å²) < 4.78 is 28.4. The lowest BCUT2D eigenvalue weighted by Gasteiger charge is -2.21. The standard InChI is InChI=1S/C13H30N4O2S/c1-2-8-15-20(18,19)17-11-6-10-16(12-13-17)9-5-3-4-7-14/h15H,2-14H2,1H3. The Hall–Kier alpha value is -0.210. The van der Waals surface area contributed by atoms with Crippen LogP contribution in [-0.4, -0.2) is 63.4 Å². The van der Waals surface area contributed by atoms with E-state index in [2.05, 4.69) is 9.62 Å². The average molecular weight is 306 g/mol. The molecule has 1 heterocycles. The summed E-state index contributed by atoms with van der Waals surface area (Å²) in [6.07, 6.45) is 5.12. The minimum absolute atomic E-state index is 0.516. The molecule has 120 valence electrons. The van der Waals surface area contributed by atoms with Crippen LogP contribution in [0.25, 0.3) is 0 Å². The van der Waals surface area contributed by atoms with Gasteiger partial charge >= 0.3 is 0 Å². The SMILES string of the molecule is CCCNS(=O)(=O)N1CCCN(CCCCCN)CC1. The Labute approximate surface area is 123 Å². The molecular weight excluding hydrogens is 276 g/mol. The van der Waals surface area contributed by atoms with Crippen molar-refractivity contribution < 1.29 is 8.42 Å². The van der Waals surface area contributed by atoms with Gasteiger partial charge in [-0.05, 0) is 45.3 Å². The van der Waals surface area contributed by atoms with E-state index in [0.29, 0.717) is 19.6 Å². The minimum Gasteiger partial charge on any atom is -0.330 e. The van der Waals surface area contributed by atoms with Gasteiger partial charge in [0.2, 0.25) is 0 Å². The molecule has 6 nitrogen and oxygen atoms in total. The van der Waals surface area contributed by atoms with Crippen LogP contribution >= 0.6 is 0 Å². The first-order valence-corrected chi connectivity index (χ1v) is 9.21. The lowest BCUT2D eigenvalue weighted by Crippen LogP contribution is -2.43. The summed E-state index contributed by atoms with van der Waals surface area (Å²) in [5.74, 6) is 0. The van der Waals surface area contributed by atoms with Crippen LogP contribution in [0.4, 0.5) is 0 Å². The molecule has 0 aliphatic carbocycles. The second kappa shape index (κ2) is 9.68. The molecule has 1 saturated heterocycles. The first-order valence-electron chi connectivity index (χ1n) is 7.77. The molecule has 1 aliphatic rings. The Morgan fingerprint density at radius 1 is 1.10 bits per heavy atom. The molecule has 0 spiro atoms. The van der Waals surface area contributed by atoms with Gasteiger partial charge in [0.05, 0.1) is 0 Å². The van der Waals surface area contributed by atoms with Crippen LogP contribution in [0, 0.1) is 0 Å². The molecule has 0 atom stereocenters. The second-order valence-electron chi connectivity index (χ2n) is 5.34. The number of nitrogens with one attached hydrogen (secondary N) is 1. The summed E-state index contributed by atoms with van der Waals surface area (Å²) in [6.45, 7) is 7.33. The van der Waals surface area contributed by atoms with E-state index in [4.69, 9.17) is 5.73 Å². The summed E-state index contributed by atoms with van der Waals surface area (Å²) in [4.78, 5) is 2.37. The summed E-state index contributed by atoms with van der Waals surface area (Å²) in [6, 6.07) is 0. The van der Waals surface area contributed by atoms with Gasteiger partial charge in [0, 0.05) is 26.2 Å². The van der Waals surface area contributed by atoms with E-state index < -0.39 is 10.2 Å². The van der Waals surface area contributed by atoms with Crippen LogP contribution in [0.15, 0.2) is 0 Å². The average Bonchev–Trinajstić information content (AvgIpc) is 2.67. The number of unbranched alkanes of at least 4 members (excludes halogenated alkanes) is 2. The van der Waals surface area contributed by atoms with Gasteiger partial charge in [-0.15, -0.1) is 0 Å². The summed E-state index contributed by atoms with van der Waals surface area (Å²) in [5, 5.41) is 0. The van der Waals surface area contributed by atoms with Gasteiger partial charge in [0.1, 0.15) is 0 Å². The van der Waals surface area contributed by atoms with Crippen molar-refractivity contribution in [2.45, 2.75) is 39.0 Å². The third kappa shape index (κ3) is 6.49. The molecule has 20 heavy (non-hydrogen) atoms. The lowest BCUT2D eigenvalue weighted by molar-refractivity contribution is 0.279. The molecule has 0 aromatic heterocycles. The molecule has 0 aromatic carbocycles. The second-order valence-corrected chi connectivity index (χ2v) is 7.10. The minimum atomic E-state index is -3.28. The molecule has 1 aliphatic heterocycles. The van der Waals surface area contributed by atoms with E-state index in [1.807, 2.05) is 6.92 Å². The van der Waals surface area contributed by atoms with Crippen molar-refractivity contribution in [1.82, 2.24) is 13.9 Å². The predicted octanol–water partition coefficient (Wildman–Crippen LogP) is 0.368. The van der Waals surface area contributed by atoms with Gasteiger partial charge in [-0.2, -0.15) is 12.7 Å². The van der Waals surface area contributed by atoms with Crippen molar-refractivity contribution in [3.63, 3.8) is 0 Å². The van der Waals surface area contributed by atoms with Crippen molar-refractivity contribution in [2.75, 3.05) is 45.8 Å². The van der Waals surface area contributed by atoms with Crippen LogP contribution in [0.2, 0.25) is 0 Å². The van der Waals surface area contributed by atoms with Gasteiger partial charge in [-0.1, -0.05) is 13.3 Å². The maximum atomic E-state index is 12.1. The quantitative estimate of drug-likeness (QED) is 0.603. The fraction of sp³-hybridized carbons (Fsp3) is 1.00. The number of rotatable bonds is 9. The fourth-order valence-corrected chi connectivity index (χ4v) is 3.73. The van der Waals surface area contributed by atoms with Crippen LogP contribution in [0.5, 0.6) is 0 Å². The Bertz CT molecular complexity index is 348. The molecule has 0 bridgehead atoms. The van der Waals surface area contributed by atoms with Crippen LogP contribution in [-0.2, 0) is 10.2 Å². The fourth-order valence-electron chi connectivity index (χ4n) is 2.39. The van der Waals surface area contributed by atoms with Crippen molar-refractivity contribution in [3.8, 4) is 0 Å². The normalized spacial score (nSPS) is 19.1. The van der Waals surface area contributed by atoms with E-state index in [9.17, 15) is 8.42 Å². The predicted molar refractivity (Wildman–Crippen MR) is 82.7 cm³/mol. The number of hydrogen-bond donors (Lipinski definition) is 2. The molecule has 1 rings (SSSR count). The molecular formula is C13H30N4O2S. The number of hydrogen-bond acceptors (Lipinski definition) is 4. The molecule has 3 N–H and O–H groups in total. The van der Waals surface area contributed by atoms with Crippen molar-refractivity contribution in [2.24, 2.45) is 5.73 Å². The highest BCUT2D eigenvalue weighted by molar-refractivity contribution is 7.87. The van der Waals surface area contributed by atoms with Crippen LogP contribution in [0.1, 0.15) is 39.0 Å². The zero-order valence-electron chi connectivity index (χ0n) is 12.7. The van der Waals surface area contributed by atoms with E-state index in [0.717, 1.165) is 58.3 Å². The highest BCUT2D eigenvalue weighted by Gasteiger charge is 2.24. The lowest BCUT2D eigenvalue weighted by atomic mass is 10.2. The topological polar surface area (TPSA) is 78.7 Å². The monoisotopic (exact) mass is 306 g/mol.